The molecule has 1 saturated carbocycles. The molecule has 0 bridgehead atoms. The van der Waals surface area contributed by atoms with Crippen LogP contribution in [0, 0.1) is 5.92 Å². The number of methoxy groups -OCH3 is 1. The minimum atomic E-state index is 0. The Kier molecular flexibility index (Phi) is 8.68. The number of rotatable bonds is 7. The number of guanidine groups is 1. The number of halogens is 1. The van der Waals surface area contributed by atoms with Crippen LogP contribution in [0.3, 0.4) is 0 Å². The Morgan fingerprint density at radius 1 is 1.19 bits per heavy atom. The van der Waals surface area contributed by atoms with Crippen LogP contribution in [-0.4, -0.2) is 26.2 Å². The number of nitrogens with one attached hydrogen (secondary N) is 2. The van der Waals surface area contributed by atoms with Crippen molar-refractivity contribution in [2.75, 3.05) is 20.2 Å². The van der Waals surface area contributed by atoms with Crippen molar-refractivity contribution in [1.82, 2.24) is 10.6 Å². The van der Waals surface area contributed by atoms with Gasteiger partial charge in [-0.15, -0.1) is 24.0 Å². The van der Waals surface area contributed by atoms with Gasteiger partial charge in [0, 0.05) is 20.2 Å². The summed E-state index contributed by atoms with van der Waals surface area (Å²) in [4.78, 5) is 4.62. The number of hydrogen-bond donors (Lipinski definition) is 2. The van der Waals surface area contributed by atoms with Gasteiger partial charge in [-0.3, -0.25) is 0 Å². The fraction of sp³-hybridized carbons (Fsp3) is 0.562. The van der Waals surface area contributed by atoms with Crippen LogP contribution in [-0.2, 0) is 17.9 Å². The average molecular weight is 403 g/mol. The summed E-state index contributed by atoms with van der Waals surface area (Å²) in [5.41, 5.74) is 2.41. The normalized spacial score (nSPS) is 14.5. The van der Waals surface area contributed by atoms with Crippen molar-refractivity contribution >= 4 is 29.9 Å². The third kappa shape index (κ3) is 7.13. The molecule has 0 heterocycles. The van der Waals surface area contributed by atoms with E-state index in [-0.39, 0.29) is 24.0 Å². The topological polar surface area (TPSA) is 45.7 Å². The first-order chi connectivity index (χ1) is 9.81. The van der Waals surface area contributed by atoms with Crippen molar-refractivity contribution in [3.05, 3.63) is 35.4 Å². The molecule has 2 rings (SSSR count). The van der Waals surface area contributed by atoms with E-state index in [0.717, 1.165) is 25.0 Å². The first-order valence-electron chi connectivity index (χ1n) is 7.40. The highest BCUT2D eigenvalue weighted by Crippen LogP contribution is 2.27. The third-order valence-electron chi connectivity index (χ3n) is 3.35. The second kappa shape index (κ2) is 10.00. The highest BCUT2D eigenvalue weighted by atomic mass is 127. The Labute approximate surface area is 144 Å². The fourth-order valence-corrected chi connectivity index (χ4v) is 1.98. The molecule has 1 aliphatic rings. The van der Waals surface area contributed by atoms with Crippen LogP contribution >= 0.6 is 24.0 Å². The summed E-state index contributed by atoms with van der Waals surface area (Å²) in [6, 6.07) is 8.42. The molecule has 0 aliphatic heterocycles. The van der Waals surface area contributed by atoms with Crippen LogP contribution in [0.25, 0.3) is 0 Å². The van der Waals surface area contributed by atoms with E-state index < -0.39 is 0 Å². The van der Waals surface area contributed by atoms with Crippen molar-refractivity contribution in [2.24, 2.45) is 10.9 Å². The number of ether oxygens (including phenoxy) is 1. The van der Waals surface area contributed by atoms with E-state index in [1.165, 1.54) is 24.0 Å². The molecule has 1 aromatic rings. The van der Waals surface area contributed by atoms with Crippen molar-refractivity contribution < 1.29 is 4.74 Å². The average Bonchev–Trinajstić information content (AvgIpc) is 3.28. The summed E-state index contributed by atoms with van der Waals surface area (Å²) in [6.45, 7) is 5.39. The summed E-state index contributed by atoms with van der Waals surface area (Å²) >= 11 is 0. The standard InChI is InChI=1S/C16H25N3O.HI/c1-3-17-16(18-10-13-4-5-13)19-11-14-6-8-15(9-7-14)12-20-2;/h6-9,13H,3-5,10-12H2,1-2H3,(H2,17,18,19);1H. The number of hydrogen-bond acceptors (Lipinski definition) is 2. The maximum Gasteiger partial charge on any atom is 0.191 e. The maximum absolute atomic E-state index is 5.11. The number of nitrogens with zero attached hydrogens (tertiary/aromatic N) is 1. The van der Waals surface area contributed by atoms with Gasteiger partial charge >= 0.3 is 0 Å². The Morgan fingerprint density at radius 3 is 2.43 bits per heavy atom. The molecule has 0 spiro atoms. The third-order valence-corrected chi connectivity index (χ3v) is 3.35. The van der Waals surface area contributed by atoms with Crippen molar-refractivity contribution in [3.63, 3.8) is 0 Å². The van der Waals surface area contributed by atoms with E-state index >= 15 is 0 Å². The molecule has 0 atom stereocenters. The fourth-order valence-electron chi connectivity index (χ4n) is 1.98. The van der Waals surface area contributed by atoms with Crippen LogP contribution in [0.4, 0.5) is 0 Å². The van der Waals surface area contributed by atoms with Gasteiger partial charge in [0.15, 0.2) is 5.96 Å². The van der Waals surface area contributed by atoms with E-state index in [1.54, 1.807) is 7.11 Å². The van der Waals surface area contributed by atoms with Crippen molar-refractivity contribution in [3.8, 4) is 0 Å². The number of aliphatic imine (C=N–C) groups is 1. The smallest absolute Gasteiger partial charge is 0.191 e. The second-order valence-corrected chi connectivity index (χ2v) is 5.27. The molecule has 2 N–H and O–H groups in total. The lowest BCUT2D eigenvalue weighted by Crippen LogP contribution is -2.38. The van der Waals surface area contributed by atoms with E-state index in [4.69, 9.17) is 4.74 Å². The molecule has 1 fully saturated rings. The van der Waals surface area contributed by atoms with Crippen molar-refractivity contribution in [1.29, 1.82) is 0 Å². The molecular formula is C16H26IN3O. The summed E-state index contributed by atoms with van der Waals surface area (Å²) < 4.78 is 5.11. The lowest BCUT2D eigenvalue weighted by atomic mass is 10.1. The molecule has 1 aliphatic carbocycles. The van der Waals surface area contributed by atoms with Crippen LogP contribution in [0.15, 0.2) is 29.3 Å². The highest BCUT2D eigenvalue weighted by Gasteiger charge is 2.20. The quantitative estimate of drug-likeness (QED) is 0.418. The molecule has 1 aromatic carbocycles. The van der Waals surface area contributed by atoms with Gasteiger partial charge in [-0.05, 0) is 36.8 Å². The van der Waals surface area contributed by atoms with Crippen LogP contribution in [0.2, 0.25) is 0 Å². The molecule has 0 aromatic heterocycles. The van der Waals surface area contributed by atoms with Gasteiger partial charge in [0.05, 0.1) is 13.2 Å². The monoisotopic (exact) mass is 403 g/mol. The Hall–Kier alpha value is -0.820. The van der Waals surface area contributed by atoms with E-state index in [0.29, 0.717) is 13.2 Å². The second-order valence-electron chi connectivity index (χ2n) is 5.27. The lowest BCUT2D eigenvalue weighted by molar-refractivity contribution is 0.185. The van der Waals surface area contributed by atoms with Gasteiger partial charge < -0.3 is 15.4 Å². The van der Waals surface area contributed by atoms with E-state index in [1.807, 2.05) is 0 Å². The highest BCUT2D eigenvalue weighted by molar-refractivity contribution is 14.0. The largest absolute Gasteiger partial charge is 0.380 e. The maximum atomic E-state index is 5.11. The zero-order valence-electron chi connectivity index (χ0n) is 12.9. The van der Waals surface area contributed by atoms with Crippen LogP contribution < -0.4 is 10.6 Å². The Bertz CT molecular complexity index is 430. The SMILES string of the molecule is CCNC(=NCc1ccc(COC)cc1)NCC1CC1.I. The van der Waals surface area contributed by atoms with Gasteiger partial charge in [0.1, 0.15) is 0 Å². The Morgan fingerprint density at radius 2 is 1.86 bits per heavy atom. The lowest BCUT2D eigenvalue weighted by Gasteiger charge is -2.10. The predicted molar refractivity (Wildman–Crippen MR) is 98.1 cm³/mol. The summed E-state index contributed by atoms with van der Waals surface area (Å²) in [5.74, 6) is 1.77. The van der Waals surface area contributed by atoms with Gasteiger partial charge in [-0.2, -0.15) is 0 Å². The molecule has 0 amide bonds. The zero-order chi connectivity index (χ0) is 14.2. The molecule has 0 unspecified atom stereocenters. The summed E-state index contributed by atoms with van der Waals surface area (Å²) in [5, 5.41) is 6.69. The molecule has 118 valence electrons. The Balaban J connectivity index is 0.00000220. The predicted octanol–water partition coefficient (Wildman–Crippen LogP) is 2.92. The minimum Gasteiger partial charge on any atom is -0.380 e. The summed E-state index contributed by atoms with van der Waals surface area (Å²) in [6.07, 6.45) is 2.71. The molecule has 0 saturated heterocycles. The van der Waals surface area contributed by atoms with E-state index in [9.17, 15) is 0 Å². The van der Waals surface area contributed by atoms with Gasteiger partial charge in [-0.25, -0.2) is 4.99 Å². The molecule has 4 nitrogen and oxygen atoms in total. The van der Waals surface area contributed by atoms with E-state index in [2.05, 4.69) is 46.8 Å². The minimum absolute atomic E-state index is 0. The van der Waals surface area contributed by atoms with Gasteiger partial charge in [-0.1, -0.05) is 24.3 Å². The van der Waals surface area contributed by atoms with Gasteiger partial charge in [0.2, 0.25) is 0 Å². The molecular weight excluding hydrogens is 377 g/mol. The number of benzene rings is 1. The van der Waals surface area contributed by atoms with Crippen molar-refractivity contribution in [2.45, 2.75) is 32.9 Å². The van der Waals surface area contributed by atoms with Crippen LogP contribution in [0.1, 0.15) is 30.9 Å². The molecule has 5 heteroatoms. The first kappa shape index (κ1) is 18.2. The van der Waals surface area contributed by atoms with Crippen LogP contribution in [0.5, 0.6) is 0 Å². The first-order valence-corrected chi connectivity index (χ1v) is 7.40. The molecule has 21 heavy (non-hydrogen) atoms. The molecule has 0 radical (unpaired) electrons. The summed E-state index contributed by atoms with van der Waals surface area (Å²) in [7, 11) is 1.71. The van der Waals surface area contributed by atoms with Gasteiger partial charge in [0.25, 0.3) is 0 Å². The zero-order valence-corrected chi connectivity index (χ0v) is 15.2.